The van der Waals surface area contributed by atoms with E-state index in [0.717, 1.165) is 4.90 Å². The first-order chi connectivity index (χ1) is 11.1. The van der Waals surface area contributed by atoms with Crippen molar-refractivity contribution in [1.82, 2.24) is 4.90 Å². The molecule has 1 aromatic rings. The van der Waals surface area contributed by atoms with E-state index in [-0.39, 0.29) is 18.7 Å². The minimum absolute atomic E-state index is 0.207. The molecule has 10 heteroatoms. The Kier molecular flexibility index (Phi) is 3.41. The van der Waals surface area contributed by atoms with Crippen LogP contribution in [0.2, 0.25) is 0 Å². The normalized spacial score (nSPS) is 30.5. The Morgan fingerprint density at radius 1 is 1.38 bits per heavy atom. The van der Waals surface area contributed by atoms with Crippen LogP contribution in [0.1, 0.15) is 13.3 Å². The van der Waals surface area contributed by atoms with Crippen molar-refractivity contribution in [1.29, 1.82) is 0 Å². The summed E-state index contributed by atoms with van der Waals surface area (Å²) in [5.74, 6) is -2.61. The average molecular weight is 356 g/mol. The fraction of sp³-hybridized carbons (Fsp3) is 0.429. The van der Waals surface area contributed by atoms with Crippen molar-refractivity contribution in [2.24, 2.45) is 0 Å². The van der Waals surface area contributed by atoms with Crippen LogP contribution in [0.5, 0.6) is 11.5 Å². The van der Waals surface area contributed by atoms with E-state index in [1.54, 1.807) is 0 Å². The second kappa shape index (κ2) is 5.00. The van der Waals surface area contributed by atoms with Crippen molar-refractivity contribution in [2.45, 2.75) is 29.5 Å². The van der Waals surface area contributed by atoms with Gasteiger partial charge in [-0.3, -0.25) is 4.79 Å². The molecule has 0 aromatic heterocycles. The Labute approximate surface area is 137 Å². The van der Waals surface area contributed by atoms with Crippen molar-refractivity contribution in [3.63, 3.8) is 0 Å². The zero-order valence-corrected chi connectivity index (χ0v) is 13.4. The number of carboxylic acids is 1. The lowest BCUT2D eigenvalue weighted by Crippen LogP contribution is -2.58. The summed E-state index contributed by atoms with van der Waals surface area (Å²) in [7, 11) is -3.89. The van der Waals surface area contributed by atoms with Gasteiger partial charge < -0.3 is 25.5 Å². The van der Waals surface area contributed by atoms with E-state index >= 15 is 0 Å². The highest BCUT2D eigenvalue weighted by Crippen LogP contribution is 2.46. The van der Waals surface area contributed by atoms with Gasteiger partial charge in [0.2, 0.25) is 5.91 Å². The lowest BCUT2D eigenvalue weighted by molar-refractivity contribution is -0.157. The molecule has 2 aliphatic rings. The van der Waals surface area contributed by atoms with Gasteiger partial charge in [-0.2, -0.15) is 0 Å². The van der Waals surface area contributed by atoms with E-state index in [9.17, 15) is 33.3 Å². The molecular formula is C14H16N2O7S. The van der Waals surface area contributed by atoms with Gasteiger partial charge in [-0.15, -0.1) is 0 Å². The number of β-lactam (4-membered cyclic amide) rings is 1. The fourth-order valence-electron chi connectivity index (χ4n) is 3.22. The Morgan fingerprint density at radius 3 is 2.58 bits per heavy atom. The standard InChI is InChI=1S/C14H16N2O7S/c1-14(6-15-7-2-3-8(17)9(18)4-7)12(13(20)21)16-10(19)5-11(16)24(14,22)23/h2-4,11-12,15,17-18H,5-6H2,1H3,(H,20,21). The van der Waals surface area contributed by atoms with Gasteiger partial charge in [0.25, 0.3) is 0 Å². The van der Waals surface area contributed by atoms with Crippen molar-refractivity contribution >= 4 is 27.4 Å². The van der Waals surface area contributed by atoms with Gasteiger partial charge in [-0.1, -0.05) is 0 Å². The largest absolute Gasteiger partial charge is 0.504 e. The molecule has 2 aliphatic heterocycles. The van der Waals surface area contributed by atoms with E-state index in [1.807, 2.05) is 0 Å². The summed E-state index contributed by atoms with van der Waals surface area (Å²) in [5, 5.41) is 29.9. The number of sulfone groups is 1. The number of hydrogen-bond donors (Lipinski definition) is 4. The predicted molar refractivity (Wildman–Crippen MR) is 82.3 cm³/mol. The molecule has 3 atom stereocenters. The highest BCUT2D eigenvalue weighted by atomic mass is 32.2. The molecule has 2 saturated heterocycles. The number of carbonyl (C=O) groups excluding carboxylic acids is 1. The van der Waals surface area contributed by atoms with Gasteiger partial charge in [-0.05, 0) is 19.1 Å². The maximum Gasteiger partial charge on any atom is 0.328 e. The number of amides is 1. The van der Waals surface area contributed by atoms with Gasteiger partial charge in [0.05, 0.1) is 6.42 Å². The number of nitrogens with one attached hydrogen (secondary N) is 1. The van der Waals surface area contributed by atoms with Crippen LogP contribution < -0.4 is 5.32 Å². The summed E-state index contributed by atoms with van der Waals surface area (Å²) < 4.78 is 23.7. The quantitative estimate of drug-likeness (QED) is 0.327. The van der Waals surface area contributed by atoms with Gasteiger partial charge in [-0.25, -0.2) is 13.2 Å². The molecular weight excluding hydrogens is 340 g/mol. The first-order valence-corrected chi connectivity index (χ1v) is 8.67. The average Bonchev–Trinajstić information content (AvgIpc) is 2.63. The van der Waals surface area contributed by atoms with Crippen LogP contribution in [0.25, 0.3) is 0 Å². The molecule has 24 heavy (non-hydrogen) atoms. The molecule has 0 aliphatic carbocycles. The zero-order valence-electron chi connectivity index (χ0n) is 12.6. The molecule has 0 radical (unpaired) electrons. The summed E-state index contributed by atoms with van der Waals surface area (Å²) >= 11 is 0. The van der Waals surface area contributed by atoms with E-state index in [0.29, 0.717) is 5.69 Å². The van der Waals surface area contributed by atoms with Crippen LogP contribution in [-0.2, 0) is 19.4 Å². The number of fused-ring (bicyclic) bond motifs is 1. The van der Waals surface area contributed by atoms with E-state index in [4.69, 9.17) is 0 Å². The van der Waals surface area contributed by atoms with Crippen molar-refractivity contribution < 1.29 is 33.3 Å². The number of carbonyl (C=O) groups is 2. The number of benzene rings is 1. The molecule has 0 bridgehead atoms. The van der Waals surface area contributed by atoms with Gasteiger partial charge in [0, 0.05) is 18.3 Å². The van der Waals surface area contributed by atoms with Crippen molar-refractivity contribution in [3.05, 3.63) is 18.2 Å². The smallest absolute Gasteiger partial charge is 0.328 e. The van der Waals surface area contributed by atoms with Crippen LogP contribution in [0.3, 0.4) is 0 Å². The fourth-order valence-corrected chi connectivity index (χ4v) is 5.54. The number of carboxylic acid groups (broad SMARTS) is 1. The van der Waals surface area contributed by atoms with Crippen LogP contribution in [0.4, 0.5) is 5.69 Å². The number of hydrogen-bond acceptors (Lipinski definition) is 7. The van der Waals surface area contributed by atoms with Crippen LogP contribution in [0.15, 0.2) is 18.2 Å². The monoisotopic (exact) mass is 356 g/mol. The maximum atomic E-state index is 12.7. The topological polar surface area (TPSA) is 144 Å². The Balaban J connectivity index is 1.92. The summed E-state index contributed by atoms with van der Waals surface area (Å²) in [4.78, 5) is 24.2. The lowest BCUT2D eigenvalue weighted by Gasteiger charge is -2.35. The van der Waals surface area contributed by atoms with Crippen LogP contribution >= 0.6 is 0 Å². The van der Waals surface area contributed by atoms with Gasteiger partial charge in [0.15, 0.2) is 27.4 Å². The third-order valence-corrected chi connectivity index (χ3v) is 7.44. The summed E-state index contributed by atoms with van der Waals surface area (Å²) in [5.41, 5.74) is 0.312. The minimum atomic E-state index is -3.89. The minimum Gasteiger partial charge on any atom is -0.504 e. The SMILES string of the molecule is CC1(CNc2ccc(O)c(O)c2)C(C(=O)O)N2C(=O)CC2S1(=O)=O. The Hall–Kier alpha value is -2.49. The van der Waals surface area contributed by atoms with Crippen LogP contribution in [0, 0.1) is 0 Å². The molecule has 1 amide bonds. The molecule has 0 saturated carbocycles. The third-order valence-electron chi connectivity index (χ3n) is 4.67. The number of rotatable bonds is 4. The molecule has 4 N–H and O–H groups in total. The number of aliphatic carboxylic acids is 1. The Bertz CT molecular complexity index is 838. The highest BCUT2D eigenvalue weighted by molar-refractivity contribution is 7.94. The second-order valence-electron chi connectivity index (χ2n) is 6.12. The molecule has 2 fully saturated rings. The molecule has 0 spiro atoms. The predicted octanol–water partition coefficient (Wildman–Crippen LogP) is -0.292. The number of phenols is 2. The van der Waals surface area contributed by atoms with Crippen molar-refractivity contribution in [2.75, 3.05) is 11.9 Å². The number of phenolic OH excluding ortho intramolecular Hbond substituents is 2. The summed E-state index contributed by atoms with van der Waals surface area (Å²) in [6, 6.07) is 2.34. The Morgan fingerprint density at radius 2 is 2.04 bits per heavy atom. The first-order valence-electron chi connectivity index (χ1n) is 7.13. The molecule has 2 heterocycles. The van der Waals surface area contributed by atoms with Gasteiger partial charge in [0.1, 0.15) is 10.1 Å². The highest BCUT2D eigenvalue weighted by Gasteiger charge is 2.69. The summed E-state index contributed by atoms with van der Waals surface area (Å²) in [6.07, 6.45) is -0.207. The molecule has 9 nitrogen and oxygen atoms in total. The lowest BCUT2D eigenvalue weighted by atomic mass is 9.96. The molecule has 1 aromatic carbocycles. The number of nitrogens with zero attached hydrogens (tertiary/aromatic N) is 1. The first kappa shape index (κ1) is 16.4. The zero-order chi connectivity index (χ0) is 17.9. The van der Waals surface area contributed by atoms with E-state index in [1.165, 1.54) is 25.1 Å². The van der Waals surface area contributed by atoms with E-state index < -0.39 is 43.6 Å². The van der Waals surface area contributed by atoms with Crippen LogP contribution in [-0.4, -0.2) is 63.2 Å². The molecule has 3 unspecified atom stereocenters. The van der Waals surface area contributed by atoms with E-state index in [2.05, 4.69) is 5.32 Å². The second-order valence-corrected chi connectivity index (χ2v) is 8.68. The summed E-state index contributed by atoms with van der Waals surface area (Å²) in [6.45, 7) is 1.02. The number of anilines is 1. The van der Waals surface area contributed by atoms with Gasteiger partial charge >= 0.3 is 5.97 Å². The molecule has 130 valence electrons. The number of aromatic hydroxyl groups is 2. The van der Waals surface area contributed by atoms with Crippen molar-refractivity contribution in [3.8, 4) is 11.5 Å². The third kappa shape index (κ3) is 2.02. The molecule has 3 rings (SSSR count). The maximum absolute atomic E-state index is 12.7.